The topological polar surface area (TPSA) is 118 Å². The van der Waals surface area contributed by atoms with Crippen LogP contribution in [-0.2, 0) is 20.0 Å². The van der Waals surface area contributed by atoms with Crippen molar-refractivity contribution in [3.63, 3.8) is 0 Å². The second kappa shape index (κ2) is 6.57. The molecular formula is C14H17N3O4S2. The van der Waals surface area contributed by atoms with E-state index < -0.39 is 20.0 Å². The summed E-state index contributed by atoms with van der Waals surface area (Å²) in [5.74, 6) is 0. The minimum absolute atomic E-state index is 0.0646. The molecule has 0 aliphatic rings. The van der Waals surface area contributed by atoms with Gasteiger partial charge in [-0.3, -0.25) is 4.72 Å². The molecule has 7 nitrogen and oxygen atoms in total. The second-order valence-corrected chi connectivity index (χ2v) is 8.15. The van der Waals surface area contributed by atoms with Gasteiger partial charge in [-0.15, -0.1) is 0 Å². The maximum Gasteiger partial charge on any atom is 0.261 e. The quantitative estimate of drug-likeness (QED) is 0.676. The van der Waals surface area contributed by atoms with Crippen molar-refractivity contribution < 1.29 is 16.8 Å². The number of nitrogens with one attached hydrogen (secondary N) is 2. The predicted molar refractivity (Wildman–Crippen MR) is 89.0 cm³/mol. The van der Waals surface area contributed by atoms with E-state index in [0.717, 1.165) is 0 Å². The first-order valence-corrected chi connectivity index (χ1v) is 9.69. The van der Waals surface area contributed by atoms with Crippen molar-refractivity contribution in [2.24, 2.45) is 0 Å². The minimum atomic E-state index is -3.76. The molecule has 0 amide bonds. The fraction of sp³-hybridized carbons (Fsp3) is 0.143. The van der Waals surface area contributed by atoms with Crippen LogP contribution in [0.4, 0.5) is 11.4 Å². The van der Waals surface area contributed by atoms with Crippen LogP contribution >= 0.6 is 0 Å². The van der Waals surface area contributed by atoms with Crippen LogP contribution in [0.25, 0.3) is 0 Å². The second-order valence-electron chi connectivity index (χ2n) is 4.70. The fourth-order valence-electron chi connectivity index (χ4n) is 1.84. The number of nitrogen functional groups attached to an aromatic ring is 1. The lowest BCUT2D eigenvalue weighted by molar-refractivity contribution is 0.584. The van der Waals surface area contributed by atoms with Gasteiger partial charge in [-0.1, -0.05) is 6.92 Å². The largest absolute Gasteiger partial charge is 0.399 e. The highest BCUT2D eigenvalue weighted by Gasteiger charge is 2.16. The van der Waals surface area contributed by atoms with Gasteiger partial charge in [0.25, 0.3) is 10.0 Å². The Bertz CT molecular complexity index is 875. The van der Waals surface area contributed by atoms with Gasteiger partial charge in [-0.2, -0.15) is 0 Å². The Kier molecular flexibility index (Phi) is 4.93. The molecule has 0 heterocycles. The SMILES string of the molecule is CCNS(=O)(=O)c1ccc(NS(=O)(=O)c2ccc(N)cc2)cc1. The molecule has 0 atom stereocenters. The molecule has 2 aromatic rings. The molecule has 4 N–H and O–H groups in total. The molecular weight excluding hydrogens is 338 g/mol. The van der Waals surface area contributed by atoms with Crippen LogP contribution in [0.1, 0.15) is 6.92 Å². The zero-order chi connectivity index (χ0) is 17.1. The van der Waals surface area contributed by atoms with Crippen molar-refractivity contribution in [1.29, 1.82) is 0 Å². The maximum absolute atomic E-state index is 12.2. The molecule has 0 aliphatic heterocycles. The standard InChI is InChI=1S/C14H17N3O4S2/c1-2-16-22(18,19)13-9-5-12(6-10-13)17-23(20,21)14-7-3-11(15)4-8-14/h3-10,16-17H,2,15H2,1H3. The molecule has 0 radical (unpaired) electrons. The Hall–Kier alpha value is -2.10. The van der Waals surface area contributed by atoms with Crippen molar-refractivity contribution in [3.05, 3.63) is 48.5 Å². The summed E-state index contributed by atoms with van der Waals surface area (Å²) in [6, 6.07) is 11.2. The predicted octanol–water partition coefficient (Wildman–Crippen LogP) is 1.37. The van der Waals surface area contributed by atoms with Crippen molar-refractivity contribution in [2.45, 2.75) is 16.7 Å². The van der Waals surface area contributed by atoms with Crippen molar-refractivity contribution in [3.8, 4) is 0 Å². The summed E-state index contributed by atoms with van der Waals surface area (Å²) < 4.78 is 52.8. The number of benzene rings is 2. The smallest absolute Gasteiger partial charge is 0.261 e. The van der Waals surface area contributed by atoms with E-state index in [4.69, 9.17) is 5.73 Å². The first kappa shape index (κ1) is 17.3. The molecule has 0 spiro atoms. The van der Waals surface area contributed by atoms with Crippen molar-refractivity contribution in [2.75, 3.05) is 17.0 Å². The first-order chi connectivity index (χ1) is 10.7. The van der Waals surface area contributed by atoms with Crippen LogP contribution in [0, 0.1) is 0 Å². The normalized spacial score (nSPS) is 12.0. The summed E-state index contributed by atoms with van der Waals surface area (Å²) in [5, 5.41) is 0. The highest BCUT2D eigenvalue weighted by atomic mass is 32.2. The Morgan fingerprint density at radius 3 is 1.83 bits per heavy atom. The molecule has 23 heavy (non-hydrogen) atoms. The van der Waals surface area contributed by atoms with E-state index in [1.807, 2.05) is 0 Å². The minimum Gasteiger partial charge on any atom is -0.399 e. The van der Waals surface area contributed by atoms with E-state index in [-0.39, 0.29) is 22.0 Å². The average Bonchev–Trinajstić information content (AvgIpc) is 2.48. The molecule has 9 heteroatoms. The first-order valence-electron chi connectivity index (χ1n) is 6.73. The summed E-state index contributed by atoms with van der Waals surface area (Å²) >= 11 is 0. The highest BCUT2D eigenvalue weighted by Crippen LogP contribution is 2.19. The van der Waals surface area contributed by atoms with Gasteiger partial charge in [-0.05, 0) is 48.5 Å². The average molecular weight is 355 g/mol. The third-order valence-electron chi connectivity index (χ3n) is 2.94. The molecule has 0 saturated carbocycles. The van der Waals surface area contributed by atoms with Gasteiger partial charge in [0.2, 0.25) is 10.0 Å². The van der Waals surface area contributed by atoms with Gasteiger partial charge in [0.1, 0.15) is 0 Å². The number of nitrogens with two attached hydrogens (primary N) is 1. The van der Waals surface area contributed by atoms with Crippen LogP contribution < -0.4 is 15.2 Å². The molecule has 0 aliphatic carbocycles. The Balaban J connectivity index is 2.22. The summed E-state index contributed by atoms with van der Waals surface area (Å²) in [4.78, 5) is 0.130. The number of sulfonamides is 2. The summed E-state index contributed by atoms with van der Waals surface area (Å²) in [5.41, 5.74) is 6.25. The highest BCUT2D eigenvalue weighted by molar-refractivity contribution is 7.92. The fourth-order valence-corrected chi connectivity index (χ4v) is 3.94. The molecule has 0 unspecified atom stereocenters. The van der Waals surface area contributed by atoms with Gasteiger partial charge in [0.05, 0.1) is 9.79 Å². The number of hydrogen-bond donors (Lipinski definition) is 3. The summed E-state index contributed by atoms with van der Waals surface area (Å²) in [6.07, 6.45) is 0. The number of rotatable bonds is 6. The molecule has 2 aromatic carbocycles. The van der Waals surface area contributed by atoms with Gasteiger partial charge in [-0.25, -0.2) is 21.6 Å². The van der Waals surface area contributed by atoms with Crippen molar-refractivity contribution >= 4 is 31.4 Å². The maximum atomic E-state index is 12.2. The van der Waals surface area contributed by atoms with E-state index in [9.17, 15) is 16.8 Å². The summed E-state index contributed by atoms with van der Waals surface area (Å²) in [7, 11) is -7.33. The molecule has 2 rings (SSSR count). The van der Waals surface area contributed by atoms with Crippen molar-refractivity contribution in [1.82, 2.24) is 4.72 Å². The van der Waals surface area contributed by atoms with E-state index >= 15 is 0 Å². The lowest BCUT2D eigenvalue weighted by atomic mass is 10.3. The van der Waals surface area contributed by atoms with Crippen LogP contribution in [0.5, 0.6) is 0 Å². The van der Waals surface area contributed by atoms with Gasteiger partial charge < -0.3 is 5.73 Å². The monoisotopic (exact) mass is 355 g/mol. The van der Waals surface area contributed by atoms with E-state index in [0.29, 0.717) is 5.69 Å². The van der Waals surface area contributed by atoms with Gasteiger partial charge in [0, 0.05) is 17.9 Å². The van der Waals surface area contributed by atoms with Crippen LogP contribution in [-0.4, -0.2) is 23.4 Å². The number of hydrogen-bond acceptors (Lipinski definition) is 5. The third-order valence-corrected chi connectivity index (χ3v) is 5.90. The van der Waals surface area contributed by atoms with Crippen LogP contribution in [0.2, 0.25) is 0 Å². The molecule has 0 saturated heterocycles. The lowest BCUT2D eigenvalue weighted by Gasteiger charge is -2.09. The van der Waals surface area contributed by atoms with E-state index in [2.05, 4.69) is 9.44 Å². The zero-order valence-electron chi connectivity index (χ0n) is 12.4. The van der Waals surface area contributed by atoms with E-state index in [1.165, 1.54) is 48.5 Å². The molecule has 124 valence electrons. The molecule has 0 bridgehead atoms. The van der Waals surface area contributed by atoms with Gasteiger partial charge in [0.15, 0.2) is 0 Å². The molecule has 0 aromatic heterocycles. The van der Waals surface area contributed by atoms with Crippen LogP contribution in [0.15, 0.2) is 58.3 Å². The van der Waals surface area contributed by atoms with E-state index in [1.54, 1.807) is 6.92 Å². The zero-order valence-corrected chi connectivity index (χ0v) is 14.0. The van der Waals surface area contributed by atoms with Gasteiger partial charge >= 0.3 is 0 Å². The van der Waals surface area contributed by atoms with Crippen LogP contribution in [0.3, 0.4) is 0 Å². The Morgan fingerprint density at radius 2 is 1.30 bits per heavy atom. The third kappa shape index (κ3) is 4.21. The summed E-state index contributed by atoms with van der Waals surface area (Å²) in [6.45, 7) is 1.94. The number of anilines is 2. The Labute approximate surface area is 135 Å². The molecule has 0 fully saturated rings. The lowest BCUT2D eigenvalue weighted by Crippen LogP contribution is -2.23. The Morgan fingerprint density at radius 1 is 0.826 bits per heavy atom.